The third-order valence-electron chi connectivity index (χ3n) is 6.27. The number of nitrogens with one attached hydrogen (secondary N) is 3. The van der Waals surface area contributed by atoms with Crippen LogP contribution >= 0.6 is 11.3 Å². The standard InChI is InChI=1S/C26H33N5O3S2.C4H9NO2/c1-26(2,3)31-36(33,34)23-15-20(30-25(32)29-16-18-11-13-27-14-12-18)9-10-21(23)22-17-28-24(35-22)19-7-5-4-6-8-19;1-3(2)7-4(5)6/h9-15,17,19,31H,4-8,16H2,1-3H3,(H2,29,30,32);3H,1-2H3,(H2,5,6). The first kappa shape index (κ1) is 33.9. The third kappa shape index (κ3) is 11.2. The molecule has 0 radical (unpaired) electrons. The van der Waals surface area contributed by atoms with Gasteiger partial charge in [0.25, 0.3) is 0 Å². The number of urea groups is 1. The Labute approximate surface area is 258 Å². The monoisotopic (exact) mass is 630 g/mol. The molecule has 13 heteroatoms. The van der Waals surface area contributed by atoms with Crippen LogP contribution in [-0.4, -0.2) is 42.2 Å². The molecule has 0 unspecified atom stereocenters. The van der Waals surface area contributed by atoms with Crippen LogP contribution in [0.25, 0.3) is 10.4 Å². The van der Waals surface area contributed by atoms with E-state index in [1.165, 1.54) is 25.3 Å². The zero-order valence-corrected chi connectivity index (χ0v) is 27.0. The van der Waals surface area contributed by atoms with E-state index in [9.17, 15) is 18.0 Å². The fraction of sp³-hybridized carbons (Fsp3) is 0.467. The minimum absolute atomic E-state index is 0.0995. The molecule has 0 bridgehead atoms. The molecule has 1 aliphatic rings. The Bertz CT molecular complexity index is 1460. The lowest BCUT2D eigenvalue weighted by atomic mass is 9.90. The van der Waals surface area contributed by atoms with Gasteiger partial charge in [0.1, 0.15) is 0 Å². The Hall–Kier alpha value is -3.55. The molecule has 2 heterocycles. The van der Waals surface area contributed by atoms with Gasteiger partial charge >= 0.3 is 12.1 Å². The molecule has 3 amide bonds. The van der Waals surface area contributed by atoms with Crippen LogP contribution in [-0.2, 0) is 21.3 Å². The second-order valence-corrected chi connectivity index (χ2v) is 14.3. The zero-order chi connectivity index (χ0) is 31.6. The number of anilines is 1. The van der Waals surface area contributed by atoms with Crippen LogP contribution in [0.15, 0.2) is 53.8 Å². The van der Waals surface area contributed by atoms with Gasteiger partial charge in [-0.25, -0.2) is 27.7 Å². The number of thiazole rings is 1. The van der Waals surface area contributed by atoms with Gasteiger partial charge in [0, 0.05) is 47.8 Å². The number of aromatic nitrogens is 2. The average molecular weight is 631 g/mol. The predicted octanol–water partition coefficient (Wildman–Crippen LogP) is 6.14. The molecule has 1 saturated carbocycles. The van der Waals surface area contributed by atoms with Crippen LogP contribution in [0.3, 0.4) is 0 Å². The summed E-state index contributed by atoms with van der Waals surface area (Å²) in [4.78, 5) is 31.8. The molecule has 43 heavy (non-hydrogen) atoms. The SMILES string of the molecule is CC(C)(C)NS(=O)(=O)c1cc(NC(=O)NCc2ccncc2)ccc1-c1cnc(C2CCCCC2)s1.CC(C)OC(N)=O. The minimum Gasteiger partial charge on any atom is -0.447 e. The zero-order valence-electron chi connectivity index (χ0n) is 25.3. The summed E-state index contributed by atoms with van der Waals surface area (Å²) >= 11 is 1.56. The average Bonchev–Trinajstić information content (AvgIpc) is 3.42. The first-order valence-electron chi connectivity index (χ1n) is 14.3. The van der Waals surface area contributed by atoms with Crippen molar-refractivity contribution >= 4 is 39.2 Å². The number of nitrogens with zero attached hydrogens (tertiary/aromatic N) is 2. The highest BCUT2D eigenvalue weighted by atomic mass is 32.2. The predicted molar refractivity (Wildman–Crippen MR) is 169 cm³/mol. The van der Waals surface area contributed by atoms with Crippen LogP contribution < -0.4 is 21.1 Å². The van der Waals surface area contributed by atoms with Crippen LogP contribution in [0.1, 0.15) is 83.2 Å². The Morgan fingerprint density at radius 2 is 1.77 bits per heavy atom. The maximum atomic E-state index is 13.4. The molecule has 0 saturated heterocycles. The first-order valence-corrected chi connectivity index (χ1v) is 16.6. The number of benzene rings is 1. The number of carbonyl (C=O) groups is 2. The van der Waals surface area contributed by atoms with Gasteiger partial charge < -0.3 is 21.1 Å². The number of carbonyl (C=O) groups excluding carboxylic acids is 2. The van der Waals surface area contributed by atoms with E-state index in [4.69, 9.17) is 0 Å². The maximum absolute atomic E-state index is 13.4. The highest BCUT2D eigenvalue weighted by Gasteiger charge is 2.27. The van der Waals surface area contributed by atoms with E-state index >= 15 is 0 Å². The molecular formula is C30H42N6O5S2. The van der Waals surface area contributed by atoms with Crippen molar-refractivity contribution < 1.29 is 22.7 Å². The second kappa shape index (κ2) is 15.3. The number of hydrogen-bond donors (Lipinski definition) is 4. The fourth-order valence-corrected chi connectivity index (χ4v) is 7.38. The van der Waals surface area contributed by atoms with Gasteiger partial charge in [0.2, 0.25) is 10.0 Å². The van der Waals surface area contributed by atoms with Gasteiger partial charge in [-0.2, -0.15) is 0 Å². The number of hydrogen-bond acceptors (Lipinski definition) is 8. The molecule has 1 fully saturated rings. The molecule has 3 aromatic rings. The van der Waals surface area contributed by atoms with Crippen molar-refractivity contribution in [3.05, 3.63) is 59.5 Å². The van der Waals surface area contributed by atoms with Crippen molar-refractivity contribution in [1.82, 2.24) is 20.0 Å². The first-order chi connectivity index (χ1) is 20.2. The molecule has 234 valence electrons. The minimum atomic E-state index is -3.88. The number of ether oxygens (including phenoxy) is 1. The van der Waals surface area contributed by atoms with Crippen molar-refractivity contribution in [2.75, 3.05) is 5.32 Å². The van der Waals surface area contributed by atoms with Gasteiger partial charge in [-0.1, -0.05) is 25.3 Å². The highest BCUT2D eigenvalue weighted by Crippen LogP contribution is 2.39. The van der Waals surface area contributed by atoms with E-state index in [0.29, 0.717) is 23.7 Å². The molecule has 11 nitrogen and oxygen atoms in total. The summed E-state index contributed by atoms with van der Waals surface area (Å²) in [5, 5.41) is 6.60. The lowest BCUT2D eigenvalue weighted by molar-refractivity contribution is 0.125. The van der Waals surface area contributed by atoms with Crippen molar-refractivity contribution in [3.63, 3.8) is 0 Å². The number of amides is 3. The van der Waals surface area contributed by atoms with E-state index in [-0.39, 0.29) is 11.0 Å². The van der Waals surface area contributed by atoms with Gasteiger partial charge in [0.15, 0.2) is 0 Å². The summed E-state index contributed by atoms with van der Waals surface area (Å²) in [6.07, 6.45) is 10.2. The number of sulfonamides is 1. The number of pyridine rings is 1. The normalized spacial score (nSPS) is 14.0. The number of rotatable bonds is 8. The molecule has 1 aliphatic carbocycles. The Morgan fingerprint density at radius 1 is 1.09 bits per heavy atom. The van der Waals surface area contributed by atoms with E-state index in [0.717, 1.165) is 28.3 Å². The Morgan fingerprint density at radius 3 is 2.35 bits per heavy atom. The topological polar surface area (TPSA) is 165 Å². The molecule has 2 aromatic heterocycles. The van der Waals surface area contributed by atoms with Crippen molar-refractivity contribution in [3.8, 4) is 10.4 Å². The highest BCUT2D eigenvalue weighted by molar-refractivity contribution is 7.89. The maximum Gasteiger partial charge on any atom is 0.404 e. The van der Waals surface area contributed by atoms with Crippen LogP contribution in [0.4, 0.5) is 15.3 Å². The lowest BCUT2D eigenvalue weighted by Crippen LogP contribution is -2.40. The summed E-state index contributed by atoms with van der Waals surface area (Å²) in [6.45, 7) is 9.20. The van der Waals surface area contributed by atoms with Crippen LogP contribution in [0, 0.1) is 0 Å². The summed E-state index contributed by atoms with van der Waals surface area (Å²) < 4.78 is 34.0. The third-order valence-corrected chi connectivity index (χ3v) is 9.26. The number of primary amides is 1. The van der Waals surface area contributed by atoms with Crippen molar-refractivity contribution in [2.45, 2.75) is 95.7 Å². The largest absolute Gasteiger partial charge is 0.447 e. The fourth-order valence-electron chi connectivity index (χ4n) is 4.53. The molecule has 4 rings (SSSR count). The smallest absolute Gasteiger partial charge is 0.404 e. The lowest BCUT2D eigenvalue weighted by Gasteiger charge is -2.22. The quantitative estimate of drug-likeness (QED) is 0.232. The Kier molecular flexibility index (Phi) is 12.0. The van der Waals surface area contributed by atoms with Gasteiger partial charge in [-0.3, -0.25) is 4.98 Å². The second-order valence-electron chi connectivity index (χ2n) is 11.6. The molecule has 0 aliphatic heterocycles. The molecule has 5 N–H and O–H groups in total. The Balaban J connectivity index is 0.000000646. The van der Waals surface area contributed by atoms with E-state index in [2.05, 4.69) is 35.8 Å². The molecule has 1 aromatic carbocycles. The number of nitrogens with two attached hydrogens (primary N) is 1. The van der Waals surface area contributed by atoms with Gasteiger partial charge in [0.05, 0.1) is 20.9 Å². The van der Waals surface area contributed by atoms with E-state index in [1.807, 2.05) is 12.1 Å². The molecule has 0 atom stereocenters. The van der Waals surface area contributed by atoms with E-state index in [1.54, 1.807) is 76.7 Å². The van der Waals surface area contributed by atoms with Crippen LogP contribution in [0.2, 0.25) is 0 Å². The molecular weight excluding hydrogens is 589 g/mol. The van der Waals surface area contributed by atoms with E-state index < -0.39 is 27.7 Å². The summed E-state index contributed by atoms with van der Waals surface area (Å²) in [7, 11) is -3.88. The molecule has 0 spiro atoms. The van der Waals surface area contributed by atoms with Crippen molar-refractivity contribution in [1.29, 1.82) is 0 Å². The van der Waals surface area contributed by atoms with Gasteiger partial charge in [-0.05, 0) is 77.3 Å². The summed E-state index contributed by atoms with van der Waals surface area (Å²) in [6, 6.07) is 8.17. The van der Waals surface area contributed by atoms with Gasteiger partial charge in [-0.15, -0.1) is 11.3 Å². The summed E-state index contributed by atoms with van der Waals surface area (Å²) in [5.41, 5.74) is 5.84. The van der Waals surface area contributed by atoms with Crippen LogP contribution in [0.5, 0.6) is 0 Å². The summed E-state index contributed by atoms with van der Waals surface area (Å²) in [5.74, 6) is 0.440. The van der Waals surface area contributed by atoms with Crippen molar-refractivity contribution in [2.24, 2.45) is 5.73 Å².